The molecule has 0 aliphatic carbocycles. The monoisotopic (exact) mass is 261 g/mol. The van der Waals surface area contributed by atoms with Gasteiger partial charge in [0.15, 0.2) is 0 Å². The van der Waals surface area contributed by atoms with E-state index in [1.807, 2.05) is 6.07 Å². The van der Waals surface area contributed by atoms with E-state index in [9.17, 15) is 4.39 Å². The van der Waals surface area contributed by atoms with Gasteiger partial charge in [-0.1, -0.05) is 26.0 Å². The summed E-state index contributed by atoms with van der Waals surface area (Å²) >= 11 is 0. The first-order valence-corrected chi connectivity index (χ1v) is 6.93. The van der Waals surface area contributed by atoms with Crippen molar-refractivity contribution < 1.29 is 9.13 Å². The summed E-state index contributed by atoms with van der Waals surface area (Å²) in [5, 5.41) is 0. The summed E-state index contributed by atoms with van der Waals surface area (Å²) in [5.74, 6) is 1.13. The van der Waals surface area contributed by atoms with Crippen molar-refractivity contribution in [1.29, 1.82) is 0 Å². The summed E-state index contributed by atoms with van der Waals surface area (Å²) in [4.78, 5) is 3.65. The molecular weight excluding hydrogens is 241 g/mol. The van der Waals surface area contributed by atoms with Gasteiger partial charge in [0.2, 0.25) is 5.95 Å². The highest BCUT2D eigenvalue weighted by molar-refractivity contribution is 5.29. The molecule has 2 fully saturated rings. The molecule has 2 saturated heterocycles. The van der Waals surface area contributed by atoms with Gasteiger partial charge in [0.05, 0.1) is 12.2 Å². The molecule has 2 aliphatic heterocycles. The fraction of sp³-hybridized carbons (Fsp3) is 0.562. The quantitative estimate of drug-likeness (QED) is 0.600. The Labute approximate surface area is 113 Å². The third kappa shape index (κ3) is 1.83. The molecule has 1 aromatic rings. The Morgan fingerprint density at radius 1 is 1.32 bits per heavy atom. The Bertz CT molecular complexity index is 515. The van der Waals surface area contributed by atoms with Crippen LogP contribution in [0.3, 0.4) is 0 Å². The molecule has 102 valence electrons. The second-order valence-corrected chi connectivity index (χ2v) is 6.09. The van der Waals surface area contributed by atoms with Crippen molar-refractivity contribution in [3.63, 3.8) is 0 Å². The van der Waals surface area contributed by atoms with Crippen molar-refractivity contribution in [2.24, 2.45) is 17.8 Å². The summed E-state index contributed by atoms with van der Waals surface area (Å²) in [6.45, 7) is 10.7. The molecule has 0 amide bonds. The summed E-state index contributed by atoms with van der Waals surface area (Å²) in [5.41, 5.74) is 2.13. The van der Waals surface area contributed by atoms with E-state index in [-0.39, 0.29) is 24.0 Å². The molecule has 19 heavy (non-hydrogen) atoms. The van der Waals surface area contributed by atoms with Crippen LogP contribution in [0.4, 0.5) is 4.39 Å². The topological polar surface area (TPSA) is 22.1 Å². The summed E-state index contributed by atoms with van der Waals surface area (Å²) < 4.78 is 19.6. The largest absolute Gasteiger partial charge is 0.373 e. The van der Waals surface area contributed by atoms with E-state index >= 15 is 0 Å². The van der Waals surface area contributed by atoms with E-state index in [2.05, 4.69) is 32.3 Å². The molecule has 2 bridgehead atoms. The minimum Gasteiger partial charge on any atom is -0.373 e. The lowest BCUT2D eigenvalue weighted by Crippen LogP contribution is -2.36. The van der Waals surface area contributed by atoms with Crippen molar-refractivity contribution in [2.75, 3.05) is 0 Å². The van der Waals surface area contributed by atoms with Crippen molar-refractivity contribution in [3.8, 4) is 0 Å². The Morgan fingerprint density at radius 3 is 2.63 bits per heavy atom. The minimum atomic E-state index is -0.415. The number of fused-ring (bicyclic) bond motifs is 2. The first kappa shape index (κ1) is 12.8. The van der Waals surface area contributed by atoms with E-state index in [1.165, 1.54) is 0 Å². The zero-order valence-corrected chi connectivity index (χ0v) is 11.6. The molecule has 3 rings (SSSR count). The highest BCUT2D eigenvalue weighted by Gasteiger charge is 2.56. The lowest BCUT2D eigenvalue weighted by molar-refractivity contribution is 0.0793. The van der Waals surface area contributed by atoms with Gasteiger partial charge < -0.3 is 4.74 Å². The van der Waals surface area contributed by atoms with Gasteiger partial charge in [-0.2, -0.15) is 4.39 Å². The van der Waals surface area contributed by atoms with E-state index in [0.717, 1.165) is 11.1 Å². The Balaban J connectivity index is 2.02. The SMILES string of the molecule is C=C(C)C1C2OC(C(C)C2C)C1c1ccnc(F)c1. The van der Waals surface area contributed by atoms with Crippen LogP contribution in [0.25, 0.3) is 0 Å². The zero-order chi connectivity index (χ0) is 13.7. The molecule has 2 aliphatic rings. The lowest BCUT2D eigenvalue weighted by Gasteiger charge is -2.35. The second kappa shape index (κ2) is 4.41. The van der Waals surface area contributed by atoms with Gasteiger partial charge in [-0.25, -0.2) is 4.98 Å². The van der Waals surface area contributed by atoms with Gasteiger partial charge in [0.25, 0.3) is 0 Å². The standard InChI is InChI=1S/C16H20FNO/c1-8(2)13-14(11-5-6-18-12(17)7-11)16-10(4)9(3)15(13)19-16/h5-7,9-10,13-16H,1H2,2-4H3. The number of aromatic nitrogens is 1. The molecule has 6 atom stereocenters. The van der Waals surface area contributed by atoms with Crippen LogP contribution in [0.15, 0.2) is 30.5 Å². The van der Waals surface area contributed by atoms with Crippen molar-refractivity contribution >= 4 is 0 Å². The Kier molecular flexibility index (Phi) is 2.97. The molecule has 0 aromatic carbocycles. The molecule has 6 unspecified atom stereocenters. The van der Waals surface area contributed by atoms with Crippen LogP contribution in [-0.2, 0) is 4.74 Å². The van der Waals surface area contributed by atoms with Gasteiger partial charge >= 0.3 is 0 Å². The number of nitrogens with zero attached hydrogens (tertiary/aromatic N) is 1. The van der Waals surface area contributed by atoms with Crippen LogP contribution in [0.5, 0.6) is 0 Å². The number of halogens is 1. The van der Waals surface area contributed by atoms with Gasteiger partial charge in [-0.05, 0) is 36.5 Å². The van der Waals surface area contributed by atoms with Crippen molar-refractivity contribution in [2.45, 2.75) is 38.9 Å². The number of rotatable bonds is 2. The molecule has 0 N–H and O–H groups in total. The molecule has 0 radical (unpaired) electrons. The molecule has 2 nitrogen and oxygen atoms in total. The van der Waals surface area contributed by atoms with Gasteiger partial charge in [0.1, 0.15) is 0 Å². The van der Waals surface area contributed by atoms with Crippen LogP contribution < -0.4 is 0 Å². The highest BCUT2D eigenvalue weighted by Crippen LogP contribution is 2.55. The van der Waals surface area contributed by atoms with E-state index in [4.69, 9.17) is 4.74 Å². The maximum Gasteiger partial charge on any atom is 0.213 e. The van der Waals surface area contributed by atoms with E-state index < -0.39 is 5.95 Å². The molecule has 3 heteroatoms. The lowest BCUT2D eigenvalue weighted by atomic mass is 9.65. The van der Waals surface area contributed by atoms with Crippen LogP contribution in [0, 0.1) is 23.7 Å². The number of hydrogen-bond acceptors (Lipinski definition) is 2. The third-order valence-corrected chi connectivity index (χ3v) is 4.98. The molecule has 0 spiro atoms. The first-order valence-electron chi connectivity index (χ1n) is 6.93. The summed E-state index contributed by atoms with van der Waals surface area (Å²) in [6.07, 6.45) is 1.93. The predicted octanol–water partition coefficient (Wildman–Crippen LogP) is 3.55. The van der Waals surface area contributed by atoms with Crippen LogP contribution in [0.1, 0.15) is 32.3 Å². The average Bonchev–Trinajstić information content (AvgIpc) is 2.87. The number of ether oxygens (including phenoxy) is 1. The van der Waals surface area contributed by atoms with Crippen molar-refractivity contribution in [3.05, 3.63) is 42.0 Å². The third-order valence-electron chi connectivity index (χ3n) is 4.98. The number of hydrogen-bond donors (Lipinski definition) is 0. The predicted molar refractivity (Wildman–Crippen MR) is 72.2 cm³/mol. The minimum absolute atomic E-state index is 0.170. The maximum atomic E-state index is 13.4. The smallest absolute Gasteiger partial charge is 0.213 e. The van der Waals surface area contributed by atoms with Crippen LogP contribution in [-0.4, -0.2) is 17.2 Å². The van der Waals surface area contributed by atoms with Crippen LogP contribution in [0.2, 0.25) is 0 Å². The molecule has 3 heterocycles. The van der Waals surface area contributed by atoms with Crippen LogP contribution >= 0.6 is 0 Å². The fourth-order valence-electron chi connectivity index (χ4n) is 3.87. The zero-order valence-electron chi connectivity index (χ0n) is 11.6. The number of pyridine rings is 1. The molecular formula is C16H20FNO. The average molecular weight is 261 g/mol. The van der Waals surface area contributed by atoms with Gasteiger partial charge in [0, 0.05) is 18.0 Å². The molecule has 0 saturated carbocycles. The molecule has 1 aromatic heterocycles. The maximum absolute atomic E-state index is 13.4. The van der Waals surface area contributed by atoms with Gasteiger partial charge in [-0.3, -0.25) is 0 Å². The Hall–Kier alpha value is -1.22. The van der Waals surface area contributed by atoms with Gasteiger partial charge in [-0.15, -0.1) is 0 Å². The summed E-state index contributed by atoms with van der Waals surface area (Å²) in [7, 11) is 0. The van der Waals surface area contributed by atoms with Crippen molar-refractivity contribution in [1.82, 2.24) is 4.98 Å². The normalized spacial score (nSPS) is 40.6. The Morgan fingerprint density at radius 2 is 2.00 bits per heavy atom. The highest BCUT2D eigenvalue weighted by atomic mass is 19.1. The first-order chi connectivity index (χ1) is 9.00. The summed E-state index contributed by atoms with van der Waals surface area (Å²) in [6, 6.07) is 3.45. The van der Waals surface area contributed by atoms with E-state index in [0.29, 0.717) is 11.8 Å². The fourth-order valence-corrected chi connectivity index (χ4v) is 3.87. The van der Waals surface area contributed by atoms with E-state index in [1.54, 1.807) is 12.3 Å². The second-order valence-electron chi connectivity index (χ2n) is 6.09.